The zero-order valence-electron chi connectivity index (χ0n) is 7.54. The molecule has 0 bridgehead atoms. The van der Waals surface area contributed by atoms with Crippen LogP contribution in [0.25, 0.3) is 0 Å². The minimum atomic E-state index is -2.74. The average Bonchev–Trinajstić information content (AvgIpc) is 2.03. The molecule has 0 saturated heterocycles. The van der Waals surface area contributed by atoms with Crippen LogP contribution in [0.1, 0.15) is 13.8 Å². The van der Waals surface area contributed by atoms with E-state index >= 15 is 0 Å². The van der Waals surface area contributed by atoms with Crippen LogP contribution < -0.4 is 0 Å². The predicted octanol–water partition coefficient (Wildman–Crippen LogP) is 0.623. The monoisotopic (exact) mass is 225 g/mol. The molecule has 0 saturated carbocycles. The lowest BCUT2D eigenvalue weighted by molar-refractivity contribution is -0.145. The first-order valence-electron chi connectivity index (χ1n) is 3.61. The molecule has 0 aliphatic heterocycles. The van der Waals surface area contributed by atoms with Gasteiger partial charge < -0.3 is 10.2 Å². The molecule has 0 aromatic heterocycles. The van der Waals surface area contributed by atoms with E-state index in [4.69, 9.17) is 10.2 Å². The Kier molecular flexibility index (Phi) is 5.22. The predicted molar refractivity (Wildman–Crippen MR) is 44.0 cm³/mol. The largest absolute Gasteiger partial charge is 0.699 e. The summed E-state index contributed by atoms with van der Waals surface area (Å²) in [5, 5.41) is 16.7. The van der Waals surface area contributed by atoms with Crippen LogP contribution >= 0.6 is 8.25 Å². The average molecular weight is 225 g/mol. The fraction of sp³-hybridized carbons (Fsp3) is 0.667. The van der Waals surface area contributed by atoms with Crippen molar-refractivity contribution in [1.82, 2.24) is 0 Å². The van der Waals surface area contributed by atoms with Crippen LogP contribution in [0.4, 0.5) is 0 Å². The van der Waals surface area contributed by atoms with Crippen molar-refractivity contribution in [3.8, 4) is 0 Å². The Hall–Kier alpha value is -1.04. The van der Waals surface area contributed by atoms with Gasteiger partial charge in [0.05, 0.1) is 0 Å². The third-order valence-corrected chi connectivity index (χ3v) is 2.16. The number of carboxylic acid groups (broad SMARTS) is 2. The Bertz CT molecular complexity index is 227. The molecule has 80 valence electrons. The van der Waals surface area contributed by atoms with E-state index in [1.165, 1.54) is 0 Å². The van der Waals surface area contributed by atoms with Crippen molar-refractivity contribution in [1.29, 1.82) is 0 Å². The van der Waals surface area contributed by atoms with Crippen LogP contribution in [0, 0.1) is 0 Å². The van der Waals surface area contributed by atoms with Gasteiger partial charge in [0.15, 0.2) is 0 Å². The van der Waals surface area contributed by atoms with Gasteiger partial charge in [-0.3, -0.25) is 0 Å². The molecule has 0 aliphatic rings. The zero-order valence-corrected chi connectivity index (χ0v) is 8.43. The number of hydrogen-bond donors (Lipinski definition) is 2. The van der Waals surface area contributed by atoms with Crippen LogP contribution in [0.2, 0.25) is 0 Å². The maximum atomic E-state index is 10.8. The van der Waals surface area contributed by atoms with Crippen LogP contribution in [0.5, 0.6) is 0 Å². The van der Waals surface area contributed by atoms with Gasteiger partial charge in [0, 0.05) is 4.57 Å². The number of hydrogen-bond acceptors (Lipinski definition) is 5. The Morgan fingerprint density at radius 1 is 1.07 bits per heavy atom. The van der Waals surface area contributed by atoms with E-state index in [2.05, 4.69) is 9.05 Å². The van der Waals surface area contributed by atoms with Crippen LogP contribution in [-0.2, 0) is 23.2 Å². The van der Waals surface area contributed by atoms with Crippen molar-refractivity contribution in [2.45, 2.75) is 26.1 Å². The first-order valence-corrected chi connectivity index (χ1v) is 4.70. The van der Waals surface area contributed by atoms with E-state index in [1.54, 1.807) is 0 Å². The van der Waals surface area contributed by atoms with E-state index in [1.807, 2.05) is 0 Å². The topological polar surface area (TPSA) is 110 Å². The molecule has 0 amide bonds. The second-order valence-electron chi connectivity index (χ2n) is 2.40. The molecule has 0 radical (unpaired) electrons. The van der Waals surface area contributed by atoms with Crippen molar-refractivity contribution >= 4 is 20.2 Å². The number of carbonyl (C=O) groups is 2. The summed E-state index contributed by atoms with van der Waals surface area (Å²) in [6.07, 6.45) is -2.61. The third-order valence-electron chi connectivity index (χ3n) is 1.18. The van der Waals surface area contributed by atoms with E-state index < -0.39 is 32.4 Å². The third kappa shape index (κ3) is 4.86. The normalized spacial score (nSPS) is 15.7. The molecule has 2 N–H and O–H groups in total. The molecule has 0 spiro atoms. The molecular weight excluding hydrogens is 215 g/mol. The van der Waals surface area contributed by atoms with E-state index in [9.17, 15) is 14.2 Å². The number of aliphatic carboxylic acids is 2. The second kappa shape index (κ2) is 5.64. The second-order valence-corrected chi connectivity index (χ2v) is 3.26. The minimum Gasteiger partial charge on any atom is -0.479 e. The lowest BCUT2D eigenvalue weighted by Crippen LogP contribution is -2.20. The van der Waals surface area contributed by atoms with E-state index in [0.29, 0.717) is 0 Å². The fourth-order valence-electron chi connectivity index (χ4n) is 0.373. The van der Waals surface area contributed by atoms with Crippen molar-refractivity contribution in [3.63, 3.8) is 0 Å². The van der Waals surface area contributed by atoms with Gasteiger partial charge in [-0.15, -0.1) is 9.05 Å². The molecule has 0 aromatic rings. The molecule has 14 heavy (non-hydrogen) atoms. The first kappa shape index (κ1) is 13.0. The summed E-state index contributed by atoms with van der Waals surface area (Å²) in [7, 11) is -2.74. The van der Waals surface area contributed by atoms with Gasteiger partial charge in [-0.2, -0.15) is 0 Å². The Balaban J connectivity index is 3.99. The number of carboxylic acids is 2. The SMILES string of the molecule is CC(O[P+](=O)OC(C)C(=O)O)C(=O)O. The van der Waals surface area contributed by atoms with Gasteiger partial charge in [-0.05, 0) is 13.8 Å². The zero-order chi connectivity index (χ0) is 11.3. The van der Waals surface area contributed by atoms with Gasteiger partial charge in [-0.1, -0.05) is 0 Å². The maximum Gasteiger partial charge on any atom is 0.699 e. The molecule has 2 unspecified atom stereocenters. The Morgan fingerprint density at radius 3 is 1.57 bits per heavy atom. The first-order chi connectivity index (χ1) is 6.34. The summed E-state index contributed by atoms with van der Waals surface area (Å²) < 4.78 is 19.6. The maximum absolute atomic E-state index is 10.8. The molecular formula is C6H10O7P+. The fourth-order valence-corrected chi connectivity index (χ4v) is 1.12. The molecule has 8 heteroatoms. The Labute approximate surface area is 80.6 Å². The summed E-state index contributed by atoms with van der Waals surface area (Å²) >= 11 is 0. The van der Waals surface area contributed by atoms with E-state index in [0.717, 1.165) is 13.8 Å². The summed E-state index contributed by atoms with van der Waals surface area (Å²) in [4.78, 5) is 20.5. The van der Waals surface area contributed by atoms with Gasteiger partial charge in [0.1, 0.15) is 0 Å². The summed E-state index contributed by atoms with van der Waals surface area (Å²) in [5.74, 6) is -2.61. The molecule has 0 aromatic carbocycles. The molecule has 0 rings (SSSR count). The van der Waals surface area contributed by atoms with Crippen molar-refractivity contribution in [2.75, 3.05) is 0 Å². The van der Waals surface area contributed by atoms with Crippen LogP contribution in [-0.4, -0.2) is 34.4 Å². The molecule has 7 nitrogen and oxygen atoms in total. The lowest BCUT2D eigenvalue weighted by Gasteiger charge is -1.98. The molecule has 0 aliphatic carbocycles. The number of rotatable bonds is 6. The molecule has 0 fully saturated rings. The lowest BCUT2D eigenvalue weighted by atomic mass is 10.4. The van der Waals surface area contributed by atoms with Crippen LogP contribution in [0.3, 0.4) is 0 Å². The minimum absolute atomic E-state index is 1.16. The van der Waals surface area contributed by atoms with Crippen molar-refractivity contribution < 1.29 is 33.4 Å². The summed E-state index contributed by atoms with van der Waals surface area (Å²) in [6, 6.07) is 0. The standard InChI is InChI=1S/C6H9O7P/c1-3(5(7)8)12-14(11)13-4(2)6(9)10/h3-4H,1-2H3,(H-,7,8,9,10)/p+1. The van der Waals surface area contributed by atoms with Gasteiger partial charge in [0.2, 0.25) is 12.2 Å². The smallest absolute Gasteiger partial charge is 0.479 e. The highest BCUT2D eigenvalue weighted by atomic mass is 31.1. The molecule has 2 atom stereocenters. The summed E-state index contributed by atoms with van der Waals surface area (Å²) in [5.41, 5.74) is 0. The van der Waals surface area contributed by atoms with Crippen LogP contribution in [0.15, 0.2) is 0 Å². The Morgan fingerprint density at radius 2 is 1.36 bits per heavy atom. The highest BCUT2D eigenvalue weighted by Crippen LogP contribution is 2.28. The highest BCUT2D eigenvalue weighted by Gasteiger charge is 2.33. The van der Waals surface area contributed by atoms with E-state index in [-0.39, 0.29) is 0 Å². The van der Waals surface area contributed by atoms with Gasteiger partial charge in [0.25, 0.3) is 0 Å². The highest BCUT2D eigenvalue weighted by molar-refractivity contribution is 7.33. The van der Waals surface area contributed by atoms with Gasteiger partial charge in [-0.25, -0.2) is 9.59 Å². The quantitative estimate of drug-likeness (QED) is 0.637. The van der Waals surface area contributed by atoms with Crippen molar-refractivity contribution in [2.24, 2.45) is 0 Å². The van der Waals surface area contributed by atoms with Crippen molar-refractivity contribution in [3.05, 3.63) is 0 Å². The van der Waals surface area contributed by atoms with Gasteiger partial charge >= 0.3 is 20.2 Å². The summed E-state index contributed by atoms with van der Waals surface area (Å²) in [6.45, 7) is 2.31. The molecule has 0 heterocycles.